The highest BCUT2D eigenvalue weighted by Crippen LogP contribution is 2.25. The quantitative estimate of drug-likeness (QED) is 0.765. The first kappa shape index (κ1) is 18.5. The van der Waals surface area contributed by atoms with Crippen molar-refractivity contribution in [2.24, 2.45) is 5.92 Å². The van der Waals surface area contributed by atoms with E-state index in [1.54, 1.807) is 6.92 Å². The maximum absolute atomic E-state index is 12.6. The first-order valence-corrected chi connectivity index (χ1v) is 8.76. The highest BCUT2D eigenvalue weighted by atomic mass is 16.5. The Labute approximate surface area is 143 Å². The van der Waals surface area contributed by atoms with E-state index in [2.05, 4.69) is 5.32 Å². The second kappa shape index (κ2) is 8.83. The van der Waals surface area contributed by atoms with Gasteiger partial charge in [0.25, 0.3) is 0 Å². The number of carboxylic acids is 1. The van der Waals surface area contributed by atoms with Crippen LogP contribution >= 0.6 is 0 Å². The van der Waals surface area contributed by atoms with E-state index in [0.29, 0.717) is 6.42 Å². The SMILES string of the molecule is CCC(OC1CCCC1)C(=O)NC(c1ccccc1)C(C)C(=O)O. The molecule has 3 atom stereocenters. The summed E-state index contributed by atoms with van der Waals surface area (Å²) in [4.78, 5) is 24.1. The summed E-state index contributed by atoms with van der Waals surface area (Å²) in [5, 5.41) is 12.3. The monoisotopic (exact) mass is 333 g/mol. The molecule has 0 saturated heterocycles. The zero-order valence-corrected chi connectivity index (χ0v) is 14.4. The Bertz CT molecular complexity index is 540. The van der Waals surface area contributed by atoms with Gasteiger partial charge in [-0.3, -0.25) is 9.59 Å². The third-order valence-corrected chi connectivity index (χ3v) is 4.67. The summed E-state index contributed by atoms with van der Waals surface area (Å²) in [6.07, 6.45) is 4.48. The third kappa shape index (κ3) is 4.81. The van der Waals surface area contributed by atoms with Crippen LogP contribution in [0.1, 0.15) is 57.6 Å². The summed E-state index contributed by atoms with van der Waals surface area (Å²) >= 11 is 0. The molecule has 1 saturated carbocycles. The van der Waals surface area contributed by atoms with Gasteiger partial charge in [-0.25, -0.2) is 0 Å². The minimum absolute atomic E-state index is 0.146. The zero-order chi connectivity index (χ0) is 17.5. The Hall–Kier alpha value is -1.88. The molecular formula is C19H27NO4. The minimum atomic E-state index is -0.936. The molecule has 5 nitrogen and oxygen atoms in total. The highest BCUT2D eigenvalue weighted by Gasteiger charge is 2.30. The van der Waals surface area contributed by atoms with Crippen LogP contribution in [0.3, 0.4) is 0 Å². The molecule has 132 valence electrons. The molecule has 0 spiro atoms. The predicted octanol–water partition coefficient (Wildman–Crippen LogP) is 3.30. The lowest BCUT2D eigenvalue weighted by atomic mass is 9.94. The van der Waals surface area contributed by atoms with Gasteiger partial charge < -0.3 is 15.2 Å². The molecule has 0 aliphatic heterocycles. The number of nitrogens with one attached hydrogen (secondary N) is 1. The van der Waals surface area contributed by atoms with Crippen LogP contribution in [0, 0.1) is 5.92 Å². The average Bonchev–Trinajstić information content (AvgIpc) is 3.10. The number of rotatable bonds is 8. The predicted molar refractivity (Wildman–Crippen MR) is 91.5 cm³/mol. The third-order valence-electron chi connectivity index (χ3n) is 4.67. The van der Waals surface area contributed by atoms with Crippen LogP contribution in [0.5, 0.6) is 0 Å². The molecular weight excluding hydrogens is 306 g/mol. The fourth-order valence-corrected chi connectivity index (χ4v) is 3.15. The molecule has 0 heterocycles. The van der Waals surface area contributed by atoms with E-state index in [0.717, 1.165) is 31.2 Å². The first-order chi connectivity index (χ1) is 11.5. The van der Waals surface area contributed by atoms with E-state index < -0.39 is 24.0 Å². The number of carbonyl (C=O) groups excluding carboxylic acids is 1. The Morgan fingerprint density at radius 3 is 2.42 bits per heavy atom. The number of amides is 1. The molecule has 0 bridgehead atoms. The maximum Gasteiger partial charge on any atom is 0.308 e. The second-order valence-corrected chi connectivity index (χ2v) is 6.46. The van der Waals surface area contributed by atoms with Gasteiger partial charge in [-0.05, 0) is 31.7 Å². The van der Waals surface area contributed by atoms with Crippen LogP contribution in [-0.2, 0) is 14.3 Å². The number of carboxylic acid groups (broad SMARTS) is 1. The van der Waals surface area contributed by atoms with Gasteiger partial charge >= 0.3 is 5.97 Å². The van der Waals surface area contributed by atoms with Crippen molar-refractivity contribution in [1.29, 1.82) is 0 Å². The fourth-order valence-electron chi connectivity index (χ4n) is 3.15. The second-order valence-electron chi connectivity index (χ2n) is 6.46. The Balaban J connectivity index is 2.09. The molecule has 1 aromatic rings. The highest BCUT2D eigenvalue weighted by molar-refractivity contribution is 5.82. The van der Waals surface area contributed by atoms with Gasteiger partial charge in [0, 0.05) is 0 Å². The van der Waals surface area contributed by atoms with E-state index in [4.69, 9.17) is 4.74 Å². The van der Waals surface area contributed by atoms with Gasteiger partial charge in [-0.1, -0.05) is 50.1 Å². The topological polar surface area (TPSA) is 75.6 Å². The van der Waals surface area contributed by atoms with Crippen LogP contribution in [0.2, 0.25) is 0 Å². The van der Waals surface area contributed by atoms with Crippen molar-refractivity contribution in [3.05, 3.63) is 35.9 Å². The van der Waals surface area contributed by atoms with Crippen LogP contribution in [0.25, 0.3) is 0 Å². The van der Waals surface area contributed by atoms with Gasteiger partial charge in [0.05, 0.1) is 18.1 Å². The number of ether oxygens (including phenoxy) is 1. The molecule has 3 unspecified atom stereocenters. The number of carbonyl (C=O) groups is 2. The summed E-state index contributed by atoms with van der Waals surface area (Å²) in [5.41, 5.74) is 0.788. The molecule has 1 aromatic carbocycles. The van der Waals surface area contributed by atoms with E-state index in [1.165, 1.54) is 0 Å². The first-order valence-electron chi connectivity index (χ1n) is 8.76. The normalized spacial score (nSPS) is 18.8. The lowest BCUT2D eigenvalue weighted by Gasteiger charge is -2.26. The molecule has 0 aromatic heterocycles. The van der Waals surface area contributed by atoms with Crippen molar-refractivity contribution in [2.75, 3.05) is 0 Å². The van der Waals surface area contributed by atoms with Crippen LogP contribution in [0.15, 0.2) is 30.3 Å². The van der Waals surface area contributed by atoms with Crippen molar-refractivity contribution in [1.82, 2.24) is 5.32 Å². The maximum atomic E-state index is 12.6. The molecule has 24 heavy (non-hydrogen) atoms. The van der Waals surface area contributed by atoms with Crippen molar-refractivity contribution in [3.63, 3.8) is 0 Å². The van der Waals surface area contributed by atoms with Crippen molar-refractivity contribution in [2.45, 2.75) is 64.2 Å². The number of hydrogen-bond donors (Lipinski definition) is 2. The summed E-state index contributed by atoms with van der Waals surface area (Å²) in [5.74, 6) is -1.89. The smallest absolute Gasteiger partial charge is 0.308 e. The van der Waals surface area contributed by atoms with E-state index in [-0.39, 0.29) is 12.0 Å². The van der Waals surface area contributed by atoms with Gasteiger partial charge in [0.1, 0.15) is 6.10 Å². The molecule has 1 amide bonds. The molecule has 1 fully saturated rings. The minimum Gasteiger partial charge on any atom is -0.481 e. The number of hydrogen-bond acceptors (Lipinski definition) is 3. The summed E-state index contributed by atoms with van der Waals surface area (Å²) in [7, 11) is 0. The van der Waals surface area contributed by atoms with E-state index in [1.807, 2.05) is 37.3 Å². The summed E-state index contributed by atoms with van der Waals surface area (Å²) < 4.78 is 5.94. The van der Waals surface area contributed by atoms with Gasteiger partial charge in [0.15, 0.2) is 0 Å². The Kier molecular flexibility index (Phi) is 6.79. The van der Waals surface area contributed by atoms with Crippen molar-refractivity contribution < 1.29 is 19.4 Å². The standard InChI is InChI=1S/C19H27NO4/c1-3-16(24-15-11-7-8-12-15)18(21)20-17(13(2)19(22)23)14-9-5-4-6-10-14/h4-6,9-10,13,15-17H,3,7-8,11-12H2,1-2H3,(H,20,21)(H,22,23). The van der Waals surface area contributed by atoms with Crippen LogP contribution in [0.4, 0.5) is 0 Å². The molecule has 1 aliphatic rings. The largest absolute Gasteiger partial charge is 0.481 e. The van der Waals surface area contributed by atoms with Gasteiger partial charge in [-0.2, -0.15) is 0 Å². The Morgan fingerprint density at radius 2 is 1.88 bits per heavy atom. The fraction of sp³-hybridized carbons (Fsp3) is 0.579. The number of aliphatic carboxylic acids is 1. The van der Waals surface area contributed by atoms with E-state index in [9.17, 15) is 14.7 Å². The van der Waals surface area contributed by atoms with Crippen molar-refractivity contribution >= 4 is 11.9 Å². The average molecular weight is 333 g/mol. The van der Waals surface area contributed by atoms with Crippen LogP contribution < -0.4 is 5.32 Å². The van der Waals surface area contributed by atoms with Crippen LogP contribution in [-0.4, -0.2) is 29.2 Å². The summed E-state index contributed by atoms with van der Waals surface area (Å²) in [6, 6.07) is 8.65. The molecule has 5 heteroatoms. The lowest BCUT2D eigenvalue weighted by molar-refractivity contribution is -0.144. The lowest BCUT2D eigenvalue weighted by Crippen LogP contribution is -2.43. The molecule has 2 rings (SSSR count). The zero-order valence-electron chi connectivity index (χ0n) is 14.4. The summed E-state index contributed by atoms with van der Waals surface area (Å²) in [6.45, 7) is 3.52. The molecule has 2 N–H and O–H groups in total. The van der Waals surface area contributed by atoms with Gasteiger partial charge in [-0.15, -0.1) is 0 Å². The Morgan fingerprint density at radius 1 is 1.25 bits per heavy atom. The van der Waals surface area contributed by atoms with E-state index >= 15 is 0 Å². The van der Waals surface area contributed by atoms with Gasteiger partial charge in [0.2, 0.25) is 5.91 Å². The van der Waals surface area contributed by atoms with Crippen molar-refractivity contribution in [3.8, 4) is 0 Å². The number of benzene rings is 1. The molecule has 1 aliphatic carbocycles. The molecule has 0 radical (unpaired) electrons.